The third kappa shape index (κ3) is 4.08. The Balaban J connectivity index is 2.07. The molecule has 1 aliphatic rings. The SMILES string of the molecule is CNCC(CC1CCCCC1)c1cccc(C#N)c1. The van der Waals surface area contributed by atoms with E-state index >= 15 is 0 Å². The molecule has 1 aromatic rings. The van der Waals surface area contributed by atoms with Gasteiger partial charge in [0, 0.05) is 6.54 Å². The molecule has 1 aromatic carbocycles. The van der Waals surface area contributed by atoms with Gasteiger partial charge in [-0.3, -0.25) is 0 Å². The Morgan fingerprint density at radius 2 is 2.11 bits per heavy atom. The second kappa shape index (κ2) is 7.31. The molecule has 0 spiro atoms. The molecule has 0 aliphatic heterocycles. The summed E-state index contributed by atoms with van der Waals surface area (Å²) in [5.41, 5.74) is 2.10. The van der Waals surface area contributed by atoms with Crippen molar-refractivity contribution in [2.45, 2.75) is 44.4 Å². The smallest absolute Gasteiger partial charge is 0.0991 e. The number of rotatable bonds is 5. The fourth-order valence-corrected chi connectivity index (χ4v) is 3.27. The van der Waals surface area contributed by atoms with Crippen molar-refractivity contribution in [2.24, 2.45) is 5.92 Å². The summed E-state index contributed by atoms with van der Waals surface area (Å²) in [6.07, 6.45) is 8.24. The van der Waals surface area contributed by atoms with Crippen LogP contribution in [-0.2, 0) is 0 Å². The van der Waals surface area contributed by atoms with Crippen molar-refractivity contribution in [3.8, 4) is 6.07 Å². The average molecular weight is 256 g/mol. The number of hydrogen-bond donors (Lipinski definition) is 1. The molecule has 0 heterocycles. The van der Waals surface area contributed by atoms with Crippen molar-refractivity contribution in [1.82, 2.24) is 5.32 Å². The highest BCUT2D eigenvalue weighted by Gasteiger charge is 2.20. The van der Waals surface area contributed by atoms with E-state index in [2.05, 4.69) is 23.5 Å². The van der Waals surface area contributed by atoms with Crippen molar-refractivity contribution in [3.05, 3.63) is 35.4 Å². The van der Waals surface area contributed by atoms with Gasteiger partial charge in [0.05, 0.1) is 11.6 Å². The van der Waals surface area contributed by atoms with Gasteiger partial charge < -0.3 is 5.32 Å². The molecule has 2 rings (SSSR count). The van der Waals surface area contributed by atoms with Crippen molar-refractivity contribution in [1.29, 1.82) is 5.26 Å². The van der Waals surface area contributed by atoms with E-state index in [4.69, 9.17) is 5.26 Å². The van der Waals surface area contributed by atoms with E-state index in [0.29, 0.717) is 5.92 Å². The highest BCUT2D eigenvalue weighted by molar-refractivity contribution is 5.34. The van der Waals surface area contributed by atoms with Crippen LogP contribution in [0.5, 0.6) is 0 Å². The molecule has 1 aliphatic carbocycles. The molecule has 0 amide bonds. The summed E-state index contributed by atoms with van der Waals surface area (Å²) in [5.74, 6) is 1.42. The summed E-state index contributed by atoms with van der Waals surface area (Å²) in [7, 11) is 2.02. The summed E-state index contributed by atoms with van der Waals surface area (Å²) in [6.45, 7) is 1.01. The number of benzene rings is 1. The molecule has 1 N–H and O–H groups in total. The van der Waals surface area contributed by atoms with Gasteiger partial charge in [-0.05, 0) is 43.0 Å². The van der Waals surface area contributed by atoms with Crippen LogP contribution in [0.1, 0.15) is 55.6 Å². The van der Waals surface area contributed by atoms with Crippen molar-refractivity contribution >= 4 is 0 Å². The van der Waals surface area contributed by atoms with Gasteiger partial charge >= 0.3 is 0 Å². The molecular formula is C17H24N2. The van der Waals surface area contributed by atoms with E-state index < -0.39 is 0 Å². The number of likely N-dealkylation sites (N-methyl/N-ethyl adjacent to an activating group) is 1. The molecule has 1 unspecified atom stereocenters. The lowest BCUT2D eigenvalue weighted by Gasteiger charge is -2.27. The lowest BCUT2D eigenvalue weighted by molar-refractivity contribution is 0.315. The number of nitrogens with zero attached hydrogens (tertiary/aromatic N) is 1. The Hall–Kier alpha value is -1.33. The average Bonchev–Trinajstić information content (AvgIpc) is 2.48. The zero-order valence-electron chi connectivity index (χ0n) is 11.9. The molecule has 1 fully saturated rings. The molecule has 1 saturated carbocycles. The Morgan fingerprint density at radius 1 is 1.32 bits per heavy atom. The molecule has 0 saturated heterocycles. The van der Waals surface area contributed by atoms with Crippen LogP contribution in [0, 0.1) is 17.2 Å². The lowest BCUT2D eigenvalue weighted by atomic mass is 9.80. The second-order valence-corrected chi connectivity index (χ2v) is 5.73. The molecule has 0 bridgehead atoms. The maximum absolute atomic E-state index is 9.03. The van der Waals surface area contributed by atoms with Crippen LogP contribution in [0.2, 0.25) is 0 Å². The maximum Gasteiger partial charge on any atom is 0.0991 e. The van der Waals surface area contributed by atoms with Gasteiger partial charge in [0.15, 0.2) is 0 Å². The van der Waals surface area contributed by atoms with E-state index in [1.54, 1.807) is 0 Å². The van der Waals surface area contributed by atoms with Gasteiger partial charge in [-0.25, -0.2) is 0 Å². The third-order valence-electron chi connectivity index (χ3n) is 4.28. The Morgan fingerprint density at radius 3 is 2.79 bits per heavy atom. The van der Waals surface area contributed by atoms with Crippen LogP contribution >= 0.6 is 0 Å². The van der Waals surface area contributed by atoms with E-state index in [0.717, 1.165) is 18.0 Å². The molecule has 2 nitrogen and oxygen atoms in total. The molecule has 102 valence electrons. The van der Waals surface area contributed by atoms with Crippen molar-refractivity contribution in [3.63, 3.8) is 0 Å². The minimum atomic E-state index is 0.543. The summed E-state index contributed by atoms with van der Waals surface area (Å²) < 4.78 is 0. The molecule has 19 heavy (non-hydrogen) atoms. The highest BCUT2D eigenvalue weighted by Crippen LogP contribution is 2.33. The summed E-state index contributed by atoms with van der Waals surface area (Å²) >= 11 is 0. The van der Waals surface area contributed by atoms with E-state index in [9.17, 15) is 0 Å². The summed E-state index contributed by atoms with van der Waals surface area (Å²) in [6, 6.07) is 10.4. The molecular weight excluding hydrogens is 232 g/mol. The number of hydrogen-bond acceptors (Lipinski definition) is 2. The molecule has 2 heteroatoms. The first-order valence-corrected chi connectivity index (χ1v) is 7.48. The molecule has 0 aromatic heterocycles. The number of nitriles is 1. The van der Waals surface area contributed by atoms with Gasteiger partial charge in [-0.2, -0.15) is 5.26 Å². The quantitative estimate of drug-likeness (QED) is 0.869. The first-order chi connectivity index (χ1) is 9.33. The van der Waals surface area contributed by atoms with Crippen LogP contribution in [-0.4, -0.2) is 13.6 Å². The maximum atomic E-state index is 9.03. The predicted molar refractivity (Wildman–Crippen MR) is 79.0 cm³/mol. The monoisotopic (exact) mass is 256 g/mol. The fraction of sp³-hybridized carbons (Fsp3) is 0.588. The van der Waals surface area contributed by atoms with Crippen LogP contribution in [0.15, 0.2) is 24.3 Å². The highest BCUT2D eigenvalue weighted by atomic mass is 14.8. The summed E-state index contributed by atoms with van der Waals surface area (Å²) in [5, 5.41) is 12.3. The van der Waals surface area contributed by atoms with E-state index in [-0.39, 0.29) is 0 Å². The molecule has 0 radical (unpaired) electrons. The third-order valence-corrected chi connectivity index (χ3v) is 4.28. The Kier molecular flexibility index (Phi) is 5.42. The van der Waals surface area contributed by atoms with Gasteiger partial charge in [0.25, 0.3) is 0 Å². The minimum absolute atomic E-state index is 0.543. The topological polar surface area (TPSA) is 35.8 Å². The van der Waals surface area contributed by atoms with Gasteiger partial charge in [0.1, 0.15) is 0 Å². The molecule has 1 atom stereocenters. The van der Waals surface area contributed by atoms with Crippen molar-refractivity contribution < 1.29 is 0 Å². The Labute approximate surface area is 116 Å². The normalized spacial score (nSPS) is 17.9. The zero-order chi connectivity index (χ0) is 13.5. The van der Waals surface area contributed by atoms with Crippen molar-refractivity contribution in [2.75, 3.05) is 13.6 Å². The minimum Gasteiger partial charge on any atom is -0.319 e. The zero-order valence-corrected chi connectivity index (χ0v) is 11.9. The van der Waals surface area contributed by atoms with E-state index in [1.807, 2.05) is 19.2 Å². The van der Waals surface area contributed by atoms with Crippen LogP contribution in [0.25, 0.3) is 0 Å². The second-order valence-electron chi connectivity index (χ2n) is 5.73. The van der Waals surface area contributed by atoms with Gasteiger partial charge in [0.2, 0.25) is 0 Å². The van der Waals surface area contributed by atoms with E-state index in [1.165, 1.54) is 44.1 Å². The first kappa shape index (κ1) is 14.1. The fourth-order valence-electron chi connectivity index (χ4n) is 3.27. The number of nitrogens with one attached hydrogen (secondary N) is 1. The predicted octanol–water partition coefficient (Wildman–Crippen LogP) is 3.83. The summed E-state index contributed by atoms with van der Waals surface area (Å²) in [4.78, 5) is 0. The van der Waals surface area contributed by atoms with Gasteiger partial charge in [-0.15, -0.1) is 0 Å². The van der Waals surface area contributed by atoms with Crippen LogP contribution < -0.4 is 5.32 Å². The largest absolute Gasteiger partial charge is 0.319 e. The first-order valence-electron chi connectivity index (χ1n) is 7.48. The van der Waals surface area contributed by atoms with Crippen LogP contribution in [0.3, 0.4) is 0 Å². The van der Waals surface area contributed by atoms with Gasteiger partial charge in [-0.1, -0.05) is 44.2 Å². The lowest BCUT2D eigenvalue weighted by Crippen LogP contribution is -2.21. The standard InChI is InChI=1S/C17H24N2/c1-19-13-17(10-14-6-3-2-4-7-14)16-9-5-8-15(11-16)12-18/h5,8-9,11,14,17,19H,2-4,6-7,10,13H2,1H3. The Bertz CT molecular complexity index is 427. The van der Waals surface area contributed by atoms with Crippen LogP contribution in [0.4, 0.5) is 0 Å².